The van der Waals surface area contributed by atoms with Crippen molar-refractivity contribution >= 4 is 22.8 Å². The van der Waals surface area contributed by atoms with Gasteiger partial charge in [-0.3, -0.25) is 14.4 Å². The molecular formula is C16H16N2O5. The molecule has 2 aromatic rings. The molecule has 0 spiro atoms. The van der Waals surface area contributed by atoms with Crippen LogP contribution in [0.1, 0.15) is 22.5 Å². The standard InChI is InChI=1S/C16H16N2O5/c17-7-11-6-13(19)12-5-9(1-2-14(12)23-11)15(20)18-4-3-10(8-18)16(21)22/h1-2,5-6,10H,3-4,7-8,17H2,(H,21,22)/t10-/m1/s1. The van der Waals surface area contributed by atoms with E-state index in [1.54, 1.807) is 12.1 Å². The van der Waals surface area contributed by atoms with Crippen LogP contribution in [0.4, 0.5) is 0 Å². The van der Waals surface area contributed by atoms with Gasteiger partial charge in [0.25, 0.3) is 5.91 Å². The van der Waals surface area contributed by atoms with E-state index in [0.717, 1.165) is 0 Å². The summed E-state index contributed by atoms with van der Waals surface area (Å²) in [6, 6.07) is 5.93. The summed E-state index contributed by atoms with van der Waals surface area (Å²) in [5, 5.41) is 9.32. The number of hydrogen-bond acceptors (Lipinski definition) is 5. The average Bonchev–Trinajstić information content (AvgIpc) is 3.04. The highest BCUT2D eigenvalue weighted by Gasteiger charge is 2.31. The highest BCUT2D eigenvalue weighted by atomic mass is 16.4. The second-order valence-corrected chi connectivity index (χ2v) is 5.57. The maximum absolute atomic E-state index is 12.5. The molecule has 0 radical (unpaired) electrons. The van der Waals surface area contributed by atoms with Crippen molar-refractivity contribution in [2.75, 3.05) is 13.1 Å². The van der Waals surface area contributed by atoms with Crippen LogP contribution in [-0.4, -0.2) is 35.0 Å². The Morgan fingerprint density at radius 3 is 2.78 bits per heavy atom. The Labute approximate surface area is 131 Å². The Bertz CT molecular complexity index is 842. The van der Waals surface area contributed by atoms with E-state index in [9.17, 15) is 14.4 Å². The van der Waals surface area contributed by atoms with Crippen molar-refractivity contribution in [2.45, 2.75) is 13.0 Å². The molecule has 23 heavy (non-hydrogen) atoms. The Kier molecular flexibility index (Phi) is 3.87. The van der Waals surface area contributed by atoms with Crippen LogP contribution in [0, 0.1) is 5.92 Å². The summed E-state index contributed by atoms with van der Waals surface area (Å²) in [6.45, 7) is 0.706. The molecule has 0 saturated carbocycles. The van der Waals surface area contributed by atoms with Gasteiger partial charge in [0.1, 0.15) is 11.3 Å². The molecule has 1 atom stereocenters. The number of carbonyl (C=O) groups is 2. The number of carboxylic acid groups (broad SMARTS) is 1. The molecule has 1 amide bonds. The largest absolute Gasteiger partial charge is 0.481 e. The van der Waals surface area contributed by atoms with Crippen LogP contribution < -0.4 is 11.2 Å². The van der Waals surface area contributed by atoms with Crippen molar-refractivity contribution in [2.24, 2.45) is 11.7 Å². The number of carbonyl (C=O) groups excluding carboxylic acids is 1. The van der Waals surface area contributed by atoms with Gasteiger partial charge in [0.15, 0.2) is 5.43 Å². The van der Waals surface area contributed by atoms with E-state index >= 15 is 0 Å². The van der Waals surface area contributed by atoms with Crippen molar-refractivity contribution in [1.29, 1.82) is 0 Å². The van der Waals surface area contributed by atoms with E-state index in [-0.39, 0.29) is 24.4 Å². The molecule has 1 aromatic heterocycles. The van der Waals surface area contributed by atoms with Gasteiger partial charge in [-0.1, -0.05) is 0 Å². The third-order valence-electron chi connectivity index (χ3n) is 4.05. The van der Waals surface area contributed by atoms with E-state index in [0.29, 0.717) is 35.3 Å². The molecule has 2 heterocycles. The van der Waals surface area contributed by atoms with Crippen molar-refractivity contribution < 1.29 is 19.1 Å². The van der Waals surface area contributed by atoms with Crippen LogP contribution in [-0.2, 0) is 11.3 Å². The minimum Gasteiger partial charge on any atom is -0.481 e. The van der Waals surface area contributed by atoms with Crippen LogP contribution in [0.25, 0.3) is 11.0 Å². The molecule has 1 fully saturated rings. The molecule has 1 aliphatic rings. The Morgan fingerprint density at radius 2 is 2.13 bits per heavy atom. The molecule has 7 nitrogen and oxygen atoms in total. The molecule has 0 aliphatic carbocycles. The van der Waals surface area contributed by atoms with E-state index in [1.165, 1.54) is 17.0 Å². The second kappa shape index (κ2) is 5.85. The fraction of sp³-hybridized carbons (Fsp3) is 0.312. The molecule has 120 valence electrons. The number of nitrogens with two attached hydrogens (primary N) is 1. The summed E-state index contributed by atoms with van der Waals surface area (Å²) in [5.41, 5.74) is 5.93. The van der Waals surface area contributed by atoms with Gasteiger partial charge in [-0.15, -0.1) is 0 Å². The summed E-state index contributed by atoms with van der Waals surface area (Å²) in [4.78, 5) is 37.0. The third-order valence-corrected chi connectivity index (χ3v) is 4.05. The van der Waals surface area contributed by atoms with Gasteiger partial charge in [-0.05, 0) is 24.6 Å². The quantitative estimate of drug-likeness (QED) is 0.865. The van der Waals surface area contributed by atoms with Crippen LogP contribution in [0.15, 0.2) is 33.5 Å². The van der Waals surface area contributed by atoms with E-state index in [1.807, 2.05) is 0 Å². The first-order valence-electron chi connectivity index (χ1n) is 7.28. The lowest BCUT2D eigenvalue weighted by Gasteiger charge is -2.16. The number of nitrogens with zero attached hydrogens (tertiary/aromatic N) is 1. The fourth-order valence-electron chi connectivity index (χ4n) is 2.77. The number of amides is 1. The summed E-state index contributed by atoms with van der Waals surface area (Å²) < 4.78 is 5.47. The van der Waals surface area contributed by atoms with Crippen LogP contribution in [0.5, 0.6) is 0 Å². The van der Waals surface area contributed by atoms with Gasteiger partial charge in [-0.25, -0.2) is 0 Å². The zero-order valence-electron chi connectivity index (χ0n) is 12.3. The molecule has 3 N–H and O–H groups in total. The van der Waals surface area contributed by atoms with Gasteiger partial charge >= 0.3 is 5.97 Å². The lowest BCUT2D eigenvalue weighted by Crippen LogP contribution is -2.30. The predicted octanol–water partition coefficient (Wildman–Crippen LogP) is 0.798. The maximum Gasteiger partial charge on any atom is 0.308 e. The summed E-state index contributed by atoms with van der Waals surface area (Å²) in [6.07, 6.45) is 0.441. The first kappa shape index (κ1) is 15.2. The molecule has 1 aliphatic heterocycles. The Hall–Kier alpha value is -2.67. The van der Waals surface area contributed by atoms with Gasteiger partial charge in [-0.2, -0.15) is 0 Å². The minimum atomic E-state index is -0.895. The van der Waals surface area contributed by atoms with Crippen LogP contribution >= 0.6 is 0 Å². The first-order chi connectivity index (χ1) is 11.0. The number of benzene rings is 1. The zero-order chi connectivity index (χ0) is 16.6. The zero-order valence-corrected chi connectivity index (χ0v) is 12.3. The number of aliphatic carboxylic acids is 1. The number of hydrogen-bond donors (Lipinski definition) is 2. The fourth-order valence-corrected chi connectivity index (χ4v) is 2.77. The molecular weight excluding hydrogens is 300 g/mol. The van der Waals surface area contributed by atoms with E-state index in [2.05, 4.69) is 0 Å². The second-order valence-electron chi connectivity index (χ2n) is 5.57. The molecule has 0 unspecified atom stereocenters. The van der Waals surface area contributed by atoms with Gasteiger partial charge in [0, 0.05) is 24.7 Å². The smallest absolute Gasteiger partial charge is 0.308 e. The van der Waals surface area contributed by atoms with Gasteiger partial charge < -0.3 is 20.2 Å². The average molecular weight is 316 g/mol. The predicted molar refractivity (Wildman–Crippen MR) is 82.0 cm³/mol. The Morgan fingerprint density at radius 1 is 1.35 bits per heavy atom. The molecule has 1 saturated heterocycles. The van der Waals surface area contributed by atoms with Crippen molar-refractivity contribution in [3.63, 3.8) is 0 Å². The number of rotatable bonds is 3. The first-order valence-corrected chi connectivity index (χ1v) is 7.28. The summed E-state index contributed by atoms with van der Waals surface area (Å²) in [7, 11) is 0. The summed E-state index contributed by atoms with van der Waals surface area (Å²) >= 11 is 0. The van der Waals surface area contributed by atoms with Crippen molar-refractivity contribution in [3.8, 4) is 0 Å². The topological polar surface area (TPSA) is 114 Å². The van der Waals surface area contributed by atoms with E-state index < -0.39 is 11.9 Å². The van der Waals surface area contributed by atoms with Gasteiger partial charge in [0.05, 0.1) is 17.8 Å². The van der Waals surface area contributed by atoms with Crippen LogP contribution in [0.2, 0.25) is 0 Å². The highest BCUT2D eigenvalue weighted by molar-refractivity contribution is 5.98. The number of fused-ring (bicyclic) bond motifs is 1. The molecule has 0 bridgehead atoms. The molecule has 7 heteroatoms. The van der Waals surface area contributed by atoms with Crippen molar-refractivity contribution in [3.05, 3.63) is 45.8 Å². The summed E-state index contributed by atoms with van der Waals surface area (Å²) in [5.74, 6) is -1.33. The number of likely N-dealkylation sites (tertiary alicyclic amines) is 1. The Balaban J connectivity index is 1.92. The normalized spacial score (nSPS) is 17.6. The third kappa shape index (κ3) is 2.83. The monoisotopic (exact) mass is 316 g/mol. The maximum atomic E-state index is 12.5. The minimum absolute atomic E-state index is 0.121. The SMILES string of the molecule is NCc1cc(=O)c2cc(C(=O)N3CC[C@@H](C(=O)O)C3)ccc2o1. The number of carboxylic acids is 1. The van der Waals surface area contributed by atoms with Crippen LogP contribution in [0.3, 0.4) is 0 Å². The highest BCUT2D eigenvalue weighted by Crippen LogP contribution is 2.21. The van der Waals surface area contributed by atoms with E-state index in [4.69, 9.17) is 15.3 Å². The molecule has 1 aromatic carbocycles. The van der Waals surface area contributed by atoms with Crippen molar-refractivity contribution in [1.82, 2.24) is 4.90 Å². The lowest BCUT2D eigenvalue weighted by atomic mass is 10.1. The van der Waals surface area contributed by atoms with Gasteiger partial charge in [0.2, 0.25) is 0 Å². The molecule has 3 rings (SSSR count). The lowest BCUT2D eigenvalue weighted by molar-refractivity contribution is -0.141.